The van der Waals surface area contributed by atoms with Gasteiger partial charge in [-0.25, -0.2) is 0 Å². The summed E-state index contributed by atoms with van der Waals surface area (Å²) in [5.74, 6) is 0.788. The highest BCUT2D eigenvalue weighted by molar-refractivity contribution is 5.79. The molecule has 4 nitrogen and oxygen atoms in total. The van der Waals surface area contributed by atoms with Gasteiger partial charge >= 0.3 is 0 Å². The van der Waals surface area contributed by atoms with E-state index in [0.29, 0.717) is 13.2 Å². The Morgan fingerprint density at radius 1 is 0.909 bits per heavy atom. The van der Waals surface area contributed by atoms with Gasteiger partial charge < -0.3 is 15.4 Å². The molecule has 0 heterocycles. The van der Waals surface area contributed by atoms with E-state index in [4.69, 9.17) is 4.74 Å². The fourth-order valence-corrected chi connectivity index (χ4v) is 2.21. The molecule has 116 valence electrons. The largest absolute Gasteiger partial charge is 0.380 e. The Kier molecular flexibility index (Phi) is 6.45. The second-order valence-corrected chi connectivity index (χ2v) is 4.97. The zero-order valence-corrected chi connectivity index (χ0v) is 13.2. The van der Waals surface area contributed by atoms with Crippen LogP contribution < -0.4 is 10.6 Å². The average molecular weight is 297 g/mol. The standard InChI is InChI=1S/C18H23N3O/c1-19-18(20-12-15-8-4-3-5-9-15)21-13-16-10-6-7-11-17(16)14-22-2/h3-11H,12-14H2,1-2H3,(H2,19,20,21). The zero-order chi connectivity index (χ0) is 15.6. The van der Waals surface area contributed by atoms with E-state index in [1.165, 1.54) is 16.7 Å². The minimum atomic E-state index is 0.619. The van der Waals surface area contributed by atoms with Crippen molar-refractivity contribution in [2.24, 2.45) is 4.99 Å². The van der Waals surface area contributed by atoms with Gasteiger partial charge in [0.05, 0.1) is 6.61 Å². The Morgan fingerprint density at radius 3 is 2.23 bits per heavy atom. The molecule has 2 N–H and O–H groups in total. The van der Waals surface area contributed by atoms with Crippen molar-refractivity contribution in [1.29, 1.82) is 0 Å². The van der Waals surface area contributed by atoms with Crippen molar-refractivity contribution in [3.05, 3.63) is 71.3 Å². The third-order valence-electron chi connectivity index (χ3n) is 3.39. The number of benzene rings is 2. The lowest BCUT2D eigenvalue weighted by molar-refractivity contribution is 0.184. The predicted octanol–water partition coefficient (Wildman–Crippen LogP) is 2.70. The summed E-state index contributed by atoms with van der Waals surface area (Å²) in [6, 6.07) is 18.5. The van der Waals surface area contributed by atoms with E-state index in [1.807, 2.05) is 30.3 Å². The molecule has 2 aromatic rings. The first-order valence-corrected chi connectivity index (χ1v) is 7.37. The summed E-state index contributed by atoms with van der Waals surface area (Å²) >= 11 is 0. The predicted molar refractivity (Wildman–Crippen MR) is 90.6 cm³/mol. The van der Waals surface area contributed by atoms with Gasteiger partial charge in [0.25, 0.3) is 0 Å². The molecule has 0 bridgehead atoms. The highest BCUT2D eigenvalue weighted by Crippen LogP contribution is 2.09. The summed E-state index contributed by atoms with van der Waals surface area (Å²) in [6.45, 7) is 2.09. The van der Waals surface area contributed by atoms with E-state index in [-0.39, 0.29) is 0 Å². The number of aliphatic imine (C=N–C) groups is 1. The van der Waals surface area contributed by atoms with Gasteiger partial charge in [-0.2, -0.15) is 0 Å². The number of hydrogen-bond acceptors (Lipinski definition) is 2. The molecule has 0 aromatic heterocycles. The average Bonchev–Trinajstić information content (AvgIpc) is 2.57. The third-order valence-corrected chi connectivity index (χ3v) is 3.39. The van der Waals surface area contributed by atoms with Gasteiger partial charge in [-0.3, -0.25) is 4.99 Å². The zero-order valence-electron chi connectivity index (χ0n) is 13.2. The molecule has 2 rings (SSSR count). The van der Waals surface area contributed by atoms with Crippen LogP contribution >= 0.6 is 0 Å². The first-order chi connectivity index (χ1) is 10.8. The van der Waals surface area contributed by atoms with Crippen LogP contribution in [0.5, 0.6) is 0 Å². The third kappa shape index (κ3) is 4.90. The minimum absolute atomic E-state index is 0.619. The molecule has 0 aliphatic heterocycles. The molecule has 0 aliphatic carbocycles. The van der Waals surface area contributed by atoms with Gasteiger partial charge in [-0.1, -0.05) is 54.6 Å². The van der Waals surface area contributed by atoms with E-state index in [9.17, 15) is 0 Å². The lowest BCUT2D eigenvalue weighted by Gasteiger charge is -2.14. The van der Waals surface area contributed by atoms with Crippen LogP contribution in [0.15, 0.2) is 59.6 Å². The second-order valence-electron chi connectivity index (χ2n) is 4.97. The maximum atomic E-state index is 5.23. The Bertz CT molecular complexity index is 596. The van der Waals surface area contributed by atoms with E-state index >= 15 is 0 Å². The molecule has 0 saturated heterocycles. The lowest BCUT2D eigenvalue weighted by Crippen LogP contribution is -2.36. The van der Waals surface area contributed by atoms with Crippen LogP contribution in [0.3, 0.4) is 0 Å². The molecule has 0 saturated carbocycles. The molecule has 0 atom stereocenters. The Morgan fingerprint density at radius 2 is 1.55 bits per heavy atom. The molecular weight excluding hydrogens is 274 g/mol. The highest BCUT2D eigenvalue weighted by Gasteiger charge is 2.03. The molecule has 22 heavy (non-hydrogen) atoms. The summed E-state index contributed by atoms with van der Waals surface area (Å²) in [6.07, 6.45) is 0. The first kappa shape index (κ1) is 16.0. The second kappa shape index (κ2) is 8.85. The normalized spacial score (nSPS) is 11.3. The number of nitrogens with one attached hydrogen (secondary N) is 2. The summed E-state index contributed by atoms with van der Waals surface area (Å²) < 4.78 is 5.23. The topological polar surface area (TPSA) is 45.7 Å². The number of nitrogens with zero attached hydrogens (tertiary/aromatic N) is 1. The molecule has 0 fully saturated rings. The molecule has 0 amide bonds. The first-order valence-electron chi connectivity index (χ1n) is 7.37. The monoisotopic (exact) mass is 297 g/mol. The maximum Gasteiger partial charge on any atom is 0.191 e. The fourth-order valence-electron chi connectivity index (χ4n) is 2.21. The summed E-state index contributed by atoms with van der Waals surface area (Å²) in [5, 5.41) is 6.65. The van der Waals surface area contributed by atoms with Gasteiger partial charge in [-0.15, -0.1) is 0 Å². The fraction of sp³-hybridized carbons (Fsp3) is 0.278. The summed E-state index contributed by atoms with van der Waals surface area (Å²) in [7, 11) is 3.49. The number of hydrogen-bond donors (Lipinski definition) is 2. The van der Waals surface area contributed by atoms with Crippen molar-refractivity contribution in [2.75, 3.05) is 14.2 Å². The number of rotatable bonds is 6. The van der Waals surface area contributed by atoms with Crippen LogP contribution in [0, 0.1) is 0 Å². The van der Waals surface area contributed by atoms with E-state index in [1.54, 1.807) is 14.2 Å². The minimum Gasteiger partial charge on any atom is -0.380 e. The van der Waals surface area contributed by atoms with E-state index < -0.39 is 0 Å². The molecule has 2 aromatic carbocycles. The Labute approximate surface area is 132 Å². The maximum absolute atomic E-state index is 5.23. The Hall–Kier alpha value is -2.33. The number of guanidine groups is 1. The molecule has 0 radical (unpaired) electrons. The van der Waals surface area contributed by atoms with Gasteiger partial charge in [0.1, 0.15) is 0 Å². The van der Waals surface area contributed by atoms with Crippen molar-refractivity contribution >= 4 is 5.96 Å². The van der Waals surface area contributed by atoms with E-state index in [2.05, 4.69) is 39.9 Å². The van der Waals surface area contributed by atoms with Crippen LogP contribution in [-0.2, 0) is 24.4 Å². The van der Waals surface area contributed by atoms with Gasteiger partial charge in [-0.05, 0) is 16.7 Å². The van der Waals surface area contributed by atoms with Crippen LogP contribution in [0.4, 0.5) is 0 Å². The van der Waals surface area contributed by atoms with Gasteiger partial charge in [0.2, 0.25) is 0 Å². The van der Waals surface area contributed by atoms with Crippen molar-refractivity contribution in [1.82, 2.24) is 10.6 Å². The molecule has 4 heteroatoms. The number of ether oxygens (including phenoxy) is 1. The van der Waals surface area contributed by atoms with Crippen molar-refractivity contribution < 1.29 is 4.74 Å². The quantitative estimate of drug-likeness (QED) is 0.636. The molecule has 0 spiro atoms. The smallest absolute Gasteiger partial charge is 0.191 e. The van der Waals surface area contributed by atoms with Crippen molar-refractivity contribution in [2.45, 2.75) is 19.7 Å². The van der Waals surface area contributed by atoms with Crippen LogP contribution in [0.2, 0.25) is 0 Å². The van der Waals surface area contributed by atoms with Crippen molar-refractivity contribution in [3.8, 4) is 0 Å². The molecule has 0 aliphatic rings. The highest BCUT2D eigenvalue weighted by atomic mass is 16.5. The van der Waals surface area contributed by atoms with Crippen LogP contribution in [0.1, 0.15) is 16.7 Å². The van der Waals surface area contributed by atoms with Gasteiger partial charge in [0, 0.05) is 27.2 Å². The van der Waals surface area contributed by atoms with Crippen LogP contribution in [-0.4, -0.2) is 20.1 Å². The number of methoxy groups -OCH3 is 1. The SMILES string of the molecule is CN=C(NCc1ccccc1)NCc1ccccc1COC. The Balaban J connectivity index is 1.89. The van der Waals surface area contributed by atoms with Gasteiger partial charge in [0.15, 0.2) is 5.96 Å². The summed E-state index contributed by atoms with van der Waals surface area (Å²) in [4.78, 5) is 4.26. The molecular formula is C18H23N3O. The van der Waals surface area contributed by atoms with E-state index in [0.717, 1.165) is 12.5 Å². The lowest BCUT2D eigenvalue weighted by atomic mass is 10.1. The summed E-state index contributed by atoms with van der Waals surface area (Å²) in [5.41, 5.74) is 3.63. The van der Waals surface area contributed by atoms with Crippen molar-refractivity contribution in [3.63, 3.8) is 0 Å². The van der Waals surface area contributed by atoms with Crippen LogP contribution in [0.25, 0.3) is 0 Å². The molecule has 0 unspecified atom stereocenters.